The summed E-state index contributed by atoms with van der Waals surface area (Å²) >= 11 is 0. The molecule has 2 aliphatic rings. The predicted octanol–water partition coefficient (Wildman–Crippen LogP) is 2.55. The van der Waals surface area contributed by atoms with Crippen molar-refractivity contribution in [2.24, 2.45) is 11.8 Å². The van der Waals surface area contributed by atoms with Crippen LogP contribution in [0.5, 0.6) is 0 Å². The van der Waals surface area contributed by atoms with Crippen molar-refractivity contribution in [3.63, 3.8) is 0 Å². The molecule has 2 nitrogen and oxygen atoms in total. The fourth-order valence-corrected chi connectivity index (χ4v) is 3.70. The van der Waals surface area contributed by atoms with Gasteiger partial charge in [-0.1, -0.05) is 30.3 Å². The van der Waals surface area contributed by atoms with Crippen LogP contribution in [0.3, 0.4) is 0 Å². The summed E-state index contributed by atoms with van der Waals surface area (Å²) in [6.45, 7) is 6.39. The average molecular weight is 258 g/mol. The molecule has 2 heteroatoms. The summed E-state index contributed by atoms with van der Waals surface area (Å²) < 4.78 is 0. The van der Waals surface area contributed by atoms with Gasteiger partial charge in [-0.25, -0.2) is 0 Å². The Hall–Kier alpha value is -0.860. The summed E-state index contributed by atoms with van der Waals surface area (Å²) in [5.41, 5.74) is 1.48. The van der Waals surface area contributed by atoms with Crippen LogP contribution in [0, 0.1) is 11.8 Å². The van der Waals surface area contributed by atoms with Gasteiger partial charge in [0.2, 0.25) is 0 Å². The lowest BCUT2D eigenvalue weighted by Gasteiger charge is -2.28. The SMILES string of the molecule is c1ccc(CCN2CCC(C3CCNCC3)C2)cc1. The summed E-state index contributed by atoms with van der Waals surface area (Å²) in [4.78, 5) is 2.68. The number of rotatable bonds is 4. The number of benzene rings is 1. The van der Waals surface area contributed by atoms with Gasteiger partial charge in [0.25, 0.3) is 0 Å². The lowest BCUT2D eigenvalue weighted by molar-refractivity contribution is 0.246. The molecule has 0 aromatic heterocycles. The first-order valence-corrected chi connectivity index (χ1v) is 7.89. The summed E-state index contributed by atoms with van der Waals surface area (Å²) in [6.07, 6.45) is 5.44. The van der Waals surface area contributed by atoms with Crippen LogP contribution in [0.25, 0.3) is 0 Å². The number of nitrogens with one attached hydrogen (secondary N) is 1. The van der Waals surface area contributed by atoms with E-state index in [1.165, 1.54) is 64.0 Å². The van der Waals surface area contributed by atoms with Gasteiger partial charge in [-0.05, 0) is 62.7 Å². The van der Waals surface area contributed by atoms with E-state index in [0.29, 0.717) is 0 Å². The van der Waals surface area contributed by atoms with Crippen molar-refractivity contribution < 1.29 is 0 Å². The van der Waals surface area contributed by atoms with E-state index in [-0.39, 0.29) is 0 Å². The van der Waals surface area contributed by atoms with Crippen molar-refractivity contribution in [3.8, 4) is 0 Å². The Bertz CT molecular complexity index is 370. The number of nitrogens with zero attached hydrogens (tertiary/aromatic N) is 1. The molecular weight excluding hydrogens is 232 g/mol. The van der Waals surface area contributed by atoms with Crippen LogP contribution >= 0.6 is 0 Å². The standard InChI is InChI=1S/C17H26N2/c1-2-4-15(5-3-1)8-12-19-13-9-17(14-19)16-6-10-18-11-7-16/h1-5,16-18H,6-14H2. The maximum absolute atomic E-state index is 3.48. The van der Waals surface area contributed by atoms with Crippen molar-refractivity contribution in [2.45, 2.75) is 25.7 Å². The minimum Gasteiger partial charge on any atom is -0.317 e. The molecular formula is C17H26N2. The molecule has 1 aromatic rings. The fourth-order valence-electron chi connectivity index (χ4n) is 3.70. The second-order valence-electron chi connectivity index (χ2n) is 6.17. The second kappa shape index (κ2) is 6.53. The zero-order valence-electron chi connectivity index (χ0n) is 11.9. The lowest BCUT2D eigenvalue weighted by Crippen LogP contribution is -2.33. The molecule has 2 fully saturated rings. The van der Waals surface area contributed by atoms with Crippen LogP contribution in [-0.2, 0) is 6.42 Å². The van der Waals surface area contributed by atoms with E-state index in [1.54, 1.807) is 0 Å². The maximum Gasteiger partial charge on any atom is 0.00219 e. The van der Waals surface area contributed by atoms with E-state index in [2.05, 4.69) is 40.5 Å². The van der Waals surface area contributed by atoms with E-state index in [0.717, 1.165) is 11.8 Å². The number of likely N-dealkylation sites (tertiary alicyclic amines) is 1. The molecule has 0 amide bonds. The van der Waals surface area contributed by atoms with Crippen LogP contribution in [0.4, 0.5) is 0 Å². The van der Waals surface area contributed by atoms with Crippen LogP contribution in [0.2, 0.25) is 0 Å². The topological polar surface area (TPSA) is 15.3 Å². The first-order valence-electron chi connectivity index (χ1n) is 7.89. The van der Waals surface area contributed by atoms with Crippen molar-refractivity contribution in [2.75, 3.05) is 32.7 Å². The molecule has 19 heavy (non-hydrogen) atoms. The Balaban J connectivity index is 1.44. The predicted molar refractivity (Wildman–Crippen MR) is 80.3 cm³/mol. The Labute approximate surface area is 117 Å². The number of hydrogen-bond donors (Lipinski definition) is 1. The average Bonchev–Trinajstić information content (AvgIpc) is 2.96. The molecule has 2 heterocycles. The molecule has 0 bridgehead atoms. The van der Waals surface area contributed by atoms with Crippen molar-refractivity contribution >= 4 is 0 Å². The minimum atomic E-state index is 0.970. The third-order valence-electron chi connectivity index (χ3n) is 4.92. The van der Waals surface area contributed by atoms with Crippen LogP contribution in [0.1, 0.15) is 24.8 Å². The molecule has 0 aliphatic carbocycles. The van der Waals surface area contributed by atoms with Gasteiger partial charge in [-0.3, -0.25) is 0 Å². The molecule has 2 saturated heterocycles. The summed E-state index contributed by atoms with van der Waals surface area (Å²) in [5, 5.41) is 3.48. The van der Waals surface area contributed by atoms with Gasteiger partial charge in [0, 0.05) is 13.1 Å². The quantitative estimate of drug-likeness (QED) is 0.893. The summed E-state index contributed by atoms with van der Waals surface area (Å²) in [6, 6.07) is 10.9. The maximum atomic E-state index is 3.48. The highest BCUT2D eigenvalue weighted by molar-refractivity contribution is 5.14. The van der Waals surface area contributed by atoms with Gasteiger partial charge in [0.05, 0.1) is 0 Å². The lowest BCUT2D eigenvalue weighted by atomic mass is 9.84. The molecule has 0 saturated carbocycles. The van der Waals surface area contributed by atoms with Crippen molar-refractivity contribution in [1.82, 2.24) is 10.2 Å². The third-order valence-corrected chi connectivity index (χ3v) is 4.92. The van der Waals surface area contributed by atoms with Gasteiger partial charge in [-0.2, -0.15) is 0 Å². The van der Waals surface area contributed by atoms with E-state index >= 15 is 0 Å². The normalized spacial score (nSPS) is 25.8. The second-order valence-corrected chi connectivity index (χ2v) is 6.17. The Morgan fingerprint density at radius 3 is 2.58 bits per heavy atom. The number of hydrogen-bond acceptors (Lipinski definition) is 2. The van der Waals surface area contributed by atoms with Crippen LogP contribution in [0.15, 0.2) is 30.3 Å². The molecule has 1 aromatic carbocycles. The highest BCUT2D eigenvalue weighted by atomic mass is 15.1. The minimum absolute atomic E-state index is 0.970. The van der Waals surface area contributed by atoms with Gasteiger partial charge in [0.1, 0.15) is 0 Å². The van der Waals surface area contributed by atoms with E-state index in [9.17, 15) is 0 Å². The first-order chi connectivity index (χ1) is 9.42. The smallest absolute Gasteiger partial charge is 0.00219 e. The molecule has 1 N–H and O–H groups in total. The van der Waals surface area contributed by atoms with Crippen LogP contribution in [-0.4, -0.2) is 37.6 Å². The zero-order chi connectivity index (χ0) is 12.9. The Morgan fingerprint density at radius 2 is 1.79 bits per heavy atom. The zero-order valence-corrected chi connectivity index (χ0v) is 11.9. The van der Waals surface area contributed by atoms with E-state index < -0.39 is 0 Å². The molecule has 1 unspecified atom stereocenters. The molecule has 1 atom stereocenters. The van der Waals surface area contributed by atoms with E-state index in [1.807, 2.05) is 0 Å². The van der Waals surface area contributed by atoms with Gasteiger partial charge < -0.3 is 10.2 Å². The molecule has 3 rings (SSSR count). The van der Waals surface area contributed by atoms with Crippen LogP contribution < -0.4 is 5.32 Å². The highest BCUT2D eigenvalue weighted by Gasteiger charge is 2.29. The first kappa shape index (κ1) is 13.1. The Kier molecular flexibility index (Phi) is 4.52. The Morgan fingerprint density at radius 1 is 1.00 bits per heavy atom. The summed E-state index contributed by atoms with van der Waals surface area (Å²) in [7, 11) is 0. The number of piperidine rings is 1. The molecule has 0 spiro atoms. The summed E-state index contributed by atoms with van der Waals surface area (Å²) in [5.74, 6) is 1.96. The van der Waals surface area contributed by atoms with Crippen molar-refractivity contribution in [3.05, 3.63) is 35.9 Å². The molecule has 104 valence electrons. The van der Waals surface area contributed by atoms with Gasteiger partial charge in [0.15, 0.2) is 0 Å². The van der Waals surface area contributed by atoms with Gasteiger partial charge in [-0.15, -0.1) is 0 Å². The monoisotopic (exact) mass is 258 g/mol. The largest absolute Gasteiger partial charge is 0.317 e. The molecule has 2 aliphatic heterocycles. The molecule has 0 radical (unpaired) electrons. The fraction of sp³-hybridized carbons (Fsp3) is 0.647. The highest BCUT2D eigenvalue weighted by Crippen LogP contribution is 2.30. The van der Waals surface area contributed by atoms with E-state index in [4.69, 9.17) is 0 Å². The third kappa shape index (κ3) is 3.58. The van der Waals surface area contributed by atoms with Crippen molar-refractivity contribution in [1.29, 1.82) is 0 Å². The van der Waals surface area contributed by atoms with Gasteiger partial charge >= 0.3 is 0 Å².